The summed E-state index contributed by atoms with van der Waals surface area (Å²) in [5.74, 6) is 0.553. The van der Waals surface area contributed by atoms with Gasteiger partial charge >= 0.3 is 0 Å². The van der Waals surface area contributed by atoms with E-state index in [1.807, 2.05) is 4.90 Å². The molecule has 0 bridgehead atoms. The Morgan fingerprint density at radius 2 is 2.00 bits per heavy atom. The number of piperidine rings is 1. The maximum atomic E-state index is 12.6. The van der Waals surface area contributed by atoms with Crippen molar-refractivity contribution in [2.24, 2.45) is 11.8 Å². The summed E-state index contributed by atoms with van der Waals surface area (Å²) >= 11 is 0. The molecule has 2 aliphatic heterocycles. The third-order valence-corrected chi connectivity index (χ3v) is 5.37. The Labute approximate surface area is 147 Å². The van der Waals surface area contributed by atoms with Gasteiger partial charge in [-0.2, -0.15) is 0 Å². The molecule has 0 saturated carbocycles. The molecule has 0 radical (unpaired) electrons. The molecule has 7 heteroatoms. The number of rotatable bonds is 4. The van der Waals surface area contributed by atoms with Gasteiger partial charge < -0.3 is 14.9 Å². The van der Waals surface area contributed by atoms with E-state index in [2.05, 4.69) is 6.92 Å². The van der Waals surface area contributed by atoms with Crippen LogP contribution in [0.3, 0.4) is 0 Å². The first-order chi connectivity index (χ1) is 12.0. The molecule has 1 aromatic rings. The highest BCUT2D eigenvalue weighted by atomic mass is 16.6. The minimum absolute atomic E-state index is 0.00157. The molecule has 2 aliphatic rings. The number of amides is 1. The van der Waals surface area contributed by atoms with Crippen LogP contribution in [0, 0.1) is 22.0 Å². The molecular formula is C18H25N3O4. The molecule has 136 valence electrons. The second-order valence-corrected chi connectivity index (χ2v) is 7.22. The lowest BCUT2D eigenvalue weighted by molar-refractivity contribution is -0.384. The van der Waals surface area contributed by atoms with Gasteiger partial charge in [-0.25, -0.2) is 0 Å². The van der Waals surface area contributed by atoms with Crippen LogP contribution in [0.5, 0.6) is 0 Å². The summed E-state index contributed by atoms with van der Waals surface area (Å²) in [5, 5.41) is 20.8. The monoisotopic (exact) mass is 347 g/mol. The predicted octanol–water partition coefficient (Wildman–Crippen LogP) is 2.29. The molecule has 7 nitrogen and oxygen atoms in total. The molecule has 1 aromatic carbocycles. The Balaban J connectivity index is 1.82. The molecule has 1 N–H and O–H groups in total. The van der Waals surface area contributed by atoms with Gasteiger partial charge in [0.05, 0.1) is 4.92 Å². The summed E-state index contributed by atoms with van der Waals surface area (Å²) in [7, 11) is 0. The quantitative estimate of drug-likeness (QED) is 0.667. The molecule has 1 atom stereocenters. The second-order valence-electron chi connectivity index (χ2n) is 7.22. The minimum atomic E-state index is -0.398. The van der Waals surface area contributed by atoms with Crippen molar-refractivity contribution in [1.82, 2.24) is 4.90 Å². The molecule has 3 rings (SSSR count). The normalized spacial score (nSPS) is 21.6. The lowest BCUT2D eigenvalue weighted by atomic mass is 9.98. The fourth-order valence-corrected chi connectivity index (χ4v) is 3.67. The molecular weight excluding hydrogens is 322 g/mol. The van der Waals surface area contributed by atoms with E-state index in [9.17, 15) is 20.0 Å². The first-order valence-corrected chi connectivity index (χ1v) is 8.93. The average molecular weight is 347 g/mol. The fourth-order valence-electron chi connectivity index (χ4n) is 3.67. The summed E-state index contributed by atoms with van der Waals surface area (Å²) in [5.41, 5.74) is 0.945. The Bertz CT molecular complexity index is 656. The van der Waals surface area contributed by atoms with Gasteiger partial charge in [-0.3, -0.25) is 14.9 Å². The van der Waals surface area contributed by atoms with Crippen molar-refractivity contribution in [3.8, 4) is 0 Å². The number of benzene rings is 1. The molecule has 2 heterocycles. The molecule has 2 fully saturated rings. The SMILES string of the molecule is CC1CCN(c2ccc(C(=O)N3CCC(CO)C3)cc2[N+](=O)[O-])CC1. The summed E-state index contributed by atoms with van der Waals surface area (Å²) < 4.78 is 0. The Morgan fingerprint density at radius 1 is 1.28 bits per heavy atom. The fraction of sp³-hybridized carbons (Fsp3) is 0.611. The molecule has 1 unspecified atom stereocenters. The van der Waals surface area contributed by atoms with Gasteiger partial charge in [-0.05, 0) is 37.3 Å². The van der Waals surface area contributed by atoms with Crippen molar-refractivity contribution in [2.75, 3.05) is 37.7 Å². The van der Waals surface area contributed by atoms with E-state index in [1.165, 1.54) is 6.07 Å². The zero-order chi connectivity index (χ0) is 18.0. The zero-order valence-corrected chi connectivity index (χ0v) is 14.6. The van der Waals surface area contributed by atoms with E-state index in [0.29, 0.717) is 30.3 Å². The number of anilines is 1. The number of hydrogen-bond acceptors (Lipinski definition) is 5. The first-order valence-electron chi connectivity index (χ1n) is 8.93. The highest BCUT2D eigenvalue weighted by molar-refractivity contribution is 5.96. The van der Waals surface area contributed by atoms with Crippen molar-refractivity contribution in [3.63, 3.8) is 0 Å². The van der Waals surface area contributed by atoms with Crippen LogP contribution in [0.2, 0.25) is 0 Å². The van der Waals surface area contributed by atoms with Crippen LogP contribution in [0.25, 0.3) is 0 Å². The van der Waals surface area contributed by atoms with Crippen molar-refractivity contribution in [1.29, 1.82) is 0 Å². The van der Waals surface area contributed by atoms with E-state index < -0.39 is 4.92 Å². The topological polar surface area (TPSA) is 86.9 Å². The van der Waals surface area contributed by atoms with Gasteiger partial charge in [-0.15, -0.1) is 0 Å². The third-order valence-electron chi connectivity index (χ3n) is 5.37. The maximum absolute atomic E-state index is 12.6. The smallest absolute Gasteiger partial charge is 0.293 e. The molecule has 0 aromatic heterocycles. The predicted molar refractivity (Wildman–Crippen MR) is 94.8 cm³/mol. The summed E-state index contributed by atoms with van der Waals surface area (Å²) in [4.78, 5) is 27.5. The standard InChI is InChI=1S/C18H25N3O4/c1-13-4-7-19(8-5-13)16-3-2-15(10-17(16)21(24)25)18(23)20-9-6-14(11-20)12-22/h2-3,10,13-14,22H,4-9,11-12H2,1H3. The Morgan fingerprint density at radius 3 is 2.60 bits per heavy atom. The van der Waals surface area contributed by atoms with Crippen molar-refractivity contribution in [2.45, 2.75) is 26.2 Å². The van der Waals surface area contributed by atoms with Gasteiger partial charge in [0.1, 0.15) is 5.69 Å². The molecule has 25 heavy (non-hydrogen) atoms. The van der Waals surface area contributed by atoms with Gasteiger partial charge in [0.15, 0.2) is 0 Å². The van der Waals surface area contributed by atoms with Gasteiger partial charge in [0.25, 0.3) is 11.6 Å². The van der Waals surface area contributed by atoms with E-state index in [0.717, 1.165) is 32.4 Å². The molecule has 1 amide bonds. The van der Waals surface area contributed by atoms with Crippen LogP contribution in [0.4, 0.5) is 11.4 Å². The molecule has 0 aliphatic carbocycles. The Kier molecular flexibility index (Phi) is 5.22. The summed E-state index contributed by atoms with van der Waals surface area (Å²) in [6.07, 6.45) is 2.82. The lowest BCUT2D eigenvalue weighted by Gasteiger charge is -2.31. The van der Waals surface area contributed by atoms with Crippen LogP contribution in [0.15, 0.2) is 18.2 Å². The van der Waals surface area contributed by atoms with E-state index in [1.54, 1.807) is 17.0 Å². The van der Waals surface area contributed by atoms with Crippen molar-refractivity contribution < 1.29 is 14.8 Å². The largest absolute Gasteiger partial charge is 0.396 e. The van der Waals surface area contributed by atoms with E-state index in [-0.39, 0.29) is 24.1 Å². The number of likely N-dealkylation sites (tertiary alicyclic amines) is 1. The van der Waals surface area contributed by atoms with Crippen molar-refractivity contribution >= 4 is 17.3 Å². The number of nitro groups is 1. The number of aliphatic hydroxyl groups excluding tert-OH is 1. The lowest BCUT2D eigenvalue weighted by Crippen LogP contribution is -2.33. The second kappa shape index (κ2) is 7.39. The van der Waals surface area contributed by atoms with Crippen molar-refractivity contribution in [3.05, 3.63) is 33.9 Å². The summed E-state index contributed by atoms with van der Waals surface area (Å²) in [6, 6.07) is 4.80. The maximum Gasteiger partial charge on any atom is 0.293 e. The highest BCUT2D eigenvalue weighted by Gasteiger charge is 2.29. The van der Waals surface area contributed by atoms with Crippen LogP contribution < -0.4 is 4.90 Å². The number of nitrogens with zero attached hydrogens (tertiary/aromatic N) is 3. The van der Waals surface area contributed by atoms with Crippen LogP contribution >= 0.6 is 0 Å². The number of nitro benzene ring substituents is 1. The summed E-state index contributed by atoms with van der Waals surface area (Å²) in [6.45, 7) is 4.97. The van der Waals surface area contributed by atoms with Gasteiger partial charge in [-0.1, -0.05) is 6.92 Å². The average Bonchev–Trinajstić information content (AvgIpc) is 3.10. The van der Waals surface area contributed by atoms with Crippen LogP contribution in [-0.2, 0) is 0 Å². The number of aliphatic hydroxyl groups is 1. The first kappa shape index (κ1) is 17.7. The highest BCUT2D eigenvalue weighted by Crippen LogP contribution is 2.33. The minimum Gasteiger partial charge on any atom is -0.396 e. The van der Waals surface area contributed by atoms with Gasteiger partial charge in [0, 0.05) is 50.3 Å². The number of carbonyl (C=O) groups excluding carboxylic acids is 1. The van der Waals surface area contributed by atoms with Crippen LogP contribution in [-0.4, -0.2) is 53.6 Å². The third kappa shape index (κ3) is 3.76. The number of hydrogen-bond donors (Lipinski definition) is 1. The molecule has 0 spiro atoms. The zero-order valence-electron chi connectivity index (χ0n) is 14.6. The van der Waals surface area contributed by atoms with Gasteiger partial charge in [0.2, 0.25) is 0 Å². The van der Waals surface area contributed by atoms with Crippen LogP contribution in [0.1, 0.15) is 36.5 Å². The number of carbonyl (C=O) groups is 1. The van der Waals surface area contributed by atoms with E-state index >= 15 is 0 Å². The Hall–Kier alpha value is -2.15. The molecule has 2 saturated heterocycles. The van der Waals surface area contributed by atoms with E-state index in [4.69, 9.17) is 0 Å².